The molecule has 108 valence electrons. The summed E-state index contributed by atoms with van der Waals surface area (Å²) in [6.07, 6.45) is 0. The third-order valence-corrected chi connectivity index (χ3v) is 4.17. The minimum atomic E-state index is -0.377. The maximum absolute atomic E-state index is 10.9. The molecule has 5 nitrogen and oxygen atoms in total. The van der Waals surface area contributed by atoms with E-state index in [9.17, 15) is 10.1 Å². The van der Waals surface area contributed by atoms with Crippen LogP contribution in [0.3, 0.4) is 0 Å². The minimum absolute atomic E-state index is 0.0401. The number of rotatable bonds is 3. The van der Waals surface area contributed by atoms with Crippen molar-refractivity contribution in [2.24, 2.45) is 0 Å². The number of aryl methyl sites for hydroxylation is 1. The van der Waals surface area contributed by atoms with Crippen LogP contribution in [0.15, 0.2) is 40.9 Å². The maximum atomic E-state index is 10.9. The van der Waals surface area contributed by atoms with Gasteiger partial charge in [0.25, 0.3) is 5.69 Å². The fraction of sp³-hybridized carbons (Fsp3) is 0.200. The van der Waals surface area contributed by atoms with E-state index in [0.717, 1.165) is 17.0 Å². The van der Waals surface area contributed by atoms with Crippen LogP contribution >= 0.6 is 15.9 Å². The molecule has 3 rings (SSSR count). The predicted octanol–water partition coefficient (Wildman–Crippen LogP) is 4.21. The number of hydrogen-bond donors (Lipinski definition) is 1. The molecule has 1 aliphatic heterocycles. The zero-order valence-electron chi connectivity index (χ0n) is 11.3. The van der Waals surface area contributed by atoms with Gasteiger partial charge in [-0.25, -0.2) is 0 Å². The molecule has 0 saturated carbocycles. The first-order valence-corrected chi connectivity index (χ1v) is 7.28. The predicted molar refractivity (Wildman–Crippen MR) is 83.8 cm³/mol. The Hall–Kier alpha value is -2.08. The van der Waals surface area contributed by atoms with Crippen molar-refractivity contribution in [1.29, 1.82) is 0 Å². The Kier molecular flexibility index (Phi) is 3.55. The van der Waals surface area contributed by atoms with Crippen LogP contribution in [0.2, 0.25) is 0 Å². The van der Waals surface area contributed by atoms with Gasteiger partial charge in [0, 0.05) is 27.4 Å². The van der Waals surface area contributed by atoms with Crippen LogP contribution < -0.4 is 10.1 Å². The molecular formula is C15H13BrN2O3. The Morgan fingerprint density at radius 2 is 2.14 bits per heavy atom. The van der Waals surface area contributed by atoms with Gasteiger partial charge in [-0.3, -0.25) is 10.1 Å². The smallest absolute Gasteiger partial charge is 0.273 e. The molecule has 1 aliphatic rings. The van der Waals surface area contributed by atoms with E-state index in [2.05, 4.69) is 21.2 Å². The molecule has 2 aromatic rings. The van der Waals surface area contributed by atoms with Crippen LogP contribution in [0.1, 0.15) is 17.2 Å². The van der Waals surface area contributed by atoms with Gasteiger partial charge in [0.05, 0.1) is 11.0 Å². The molecule has 2 aromatic carbocycles. The van der Waals surface area contributed by atoms with Crippen molar-refractivity contribution in [3.63, 3.8) is 0 Å². The summed E-state index contributed by atoms with van der Waals surface area (Å²) in [7, 11) is 0. The Balaban J connectivity index is 1.90. The molecule has 0 aliphatic carbocycles. The molecule has 1 heterocycles. The van der Waals surface area contributed by atoms with Gasteiger partial charge in [0.2, 0.25) is 0 Å². The number of nitrogens with zero attached hydrogens (tertiary/aromatic N) is 1. The lowest BCUT2D eigenvalue weighted by molar-refractivity contribution is -0.385. The van der Waals surface area contributed by atoms with Crippen LogP contribution in [0, 0.1) is 17.0 Å². The Bertz CT molecular complexity index is 718. The van der Waals surface area contributed by atoms with Gasteiger partial charge >= 0.3 is 0 Å². The molecule has 0 aromatic heterocycles. The zero-order valence-corrected chi connectivity index (χ0v) is 12.9. The highest BCUT2D eigenvalue weighted by Crippen LogP contribution is 2.37. The van der Waals surface area contributed by atoms with Crippen molar-refractivity contribution in [1.82, 2.24) is 0 Å². The van der Waals surface area contributed by atoms with Gasteiger partial charge in [-0.15, -0.1) is 0 Å². The lowest BCUT2D eigenvalue weighted by atomic mass is 10.1. The van der Waals surface area contributed by atoms with Crippen molar-refractivity contribution in [2.75, 3.05) is 11.9 Å². The third kappa shape index (κ3) is 2.58. The second kappa shape index (κ2) is 5.37. The summed E-state index contributed by atoms with van der Waals surface area (Å²) in [5.74, 6) is 0.879. The first-order chi connectivity index (χ1) is 10.1. The SMILES string of the molecule is Cc1cc(NC2COc3ccccc32)c(Br)cc1[N+](=O)[O-]. The van der Waals surface area contributed by atoms with Crippen LogP contribution in [0.5, 0.6) is 5.75 Å². The maximum Gasteiger partial charge on any atom is 0.273 e. The lowest BCUT2D eigenvalue weighted by Gasteiger charge is -2.15. The molecule has 0 spiro atoms. The molecular weight excluding hydrogens is 336 g/mol. The quantitative estimate of drug-likeness (QED) is 0.666. The highest BCUT2D eigenvalue weighted by Gasteiger charge is 2.24. The molecule has 0 amide bonds. The second-order valence-electron chi connectivity index (χ2n) is 4.92. The summed E-state index contributed by atoms with van der Waals surface area (Å²) in [4.78, 5) is 10.6. The van der Waals surface area contributed by atoms with E-state index >= 15 is 0 Å². The highest BCUT2D eigenvalue weighted by molar-refractivity contribution is 9.10. The molecule has 0 fully saturated rings. The van der Waals surface area contributed by atoms with Crippen LogP contribution in [0.25, 0.3) is 0 Å². The summed E-state index contributed by atoms with van der Waals surface area (Å²) < 4.78 is 6.30. The monoisotopic (exact) mass is 348 g/mol. The number of para-hydroxylation sites is 1. The molecule has 0 saturated heterocycles. The molecule has 1 unspecified atom stereocenters. The Morgan fingerprint density at radius 1 is 1.38 bits per heavy atom. The summed E-state index contributed by atoms with van der Waals surface area (Å²) in [5.41, 5.74) is 2.65. The highest BCUT2D eigenvalue weighted by atomic mass is 79.9. The Morgan fingerprint density at radius 3 is 2.90 bits per heavy atom. The third-order valence-electron chi connectivity index (χ3n) is 3.51. The van der Waals surface area contributed by atoms with Crippen molar-refractivity contribution in [2.45, 2.75) is 13.0 Å². The number of hydrogen-bond acceptors (Lipinski definition) is 4. The number of halogens is 1. The van der Waals surface area contributed by atoms with E-state index in [1.807, 2.05) is 24.3 Å². The minimum Gasteiger partial charge on any atom is -0.491 e. The number of ether oxygens (including phenoxy) is 1. The van der Waals surface area contributed by atoms with Gasteiger partial charge in [-0.05, 0) is 35.0 Å². The molecule has 1 N–H and O–H groups in total. The molecule has 0 bridgehead atoms. The van der Waals surface area contributed by atoms with Crippen molar-refractivity contribution < 1.29 is 9.66 Å². The van der Waals surface area contributed by atoms with E-state index < -0.39 is 0 Å². The van der Waals surface area contributed by atoms with E-state index in [1.165, 1.54) is 6.07 Å². The topological polar surface area (TPSA) is 64.4 Å². The van der Waals surface area contributed by atoms with Crippen molar-refractivity contribution >= 4 is 27.3 Å². The number of anilines is 1. The van der Waals surface area contributed by atoms with E-state index in [-0.39, 0.29) is 16.7 Å². The van der Waals surface area contributed by atoms with E-state index in [4.69, 9.17) is 4.74 Å². The summed E-state index contributed by atoms with van der Waals surface area (Å²) in [5, 5.41) is 14.3. The molecule has 6 heteroatoms. The average molecular weight is 349 g/mol. The van der Waals surface area contributed by atoms with Gasteiger partial charge in [-0.1, -0.05) is 18.2 Å². The van der Waals surface area contributed by atoms with Gasteiger partial charge in [-0.2, -0.15) is 0 Å². The van der Waals surface area contributed by atoms with Gasteiger partial charge < -0.3 is 10.1 Å². The summed E-state index contributed by atoms with van der Waals surface area (Å²) in [6, 6.07) is 11.2. The van der Waals surface area contributed by atoms with Crippen LogP contribution in [0.4, 0.5) is 11.4 Å². The summed E-state index contributed by atoms with van der Waals surface area (Å²) >= 11 is 3.39. The van der Waals surface area contributed by atoms with E-state index in [0.29, 0.717) is 16.6 Å². The number of nitro benzene ring substituents is 1. The van der Waals surface area contributed by atoms with Crippen LogP contribution in [-0.4, -0.2) is 11.5 Å². The van der Waals surface area contributed by atoms with Gasteiger partial charge in [0.1, 0.15) is 12.4 Å². The van der Waals surface area contributed by atoms with Crippen molar-refractivity contribution in [3.8, 4) is 5.75 Å². The number of nitro groups is 1. The number of benzene rings is 2. The fourth-order valence-electron chi connectivity index (χ4n) is 2.45. The lowest BCUT2D eigenvalue weighted by Crippen LogP contribution is -2.12. The van der Waals surface area contributed by atoms with Crippen molar-refractivity contribution in [3.05, 3.63) is 62.1 Å². The summed E-state index contributed by atoms with van der Waals surface area (Å²) in [6.45, 7) is 2.27. The van der Waals surface area contributed by atoms with Crippen LogP contribution in [-0.2, 0) is 0 Å². The van der Waals surface area contributed by atoms with Gasteiger partial charge in [0.15, 0.2) is 0 Å². The first-order valence-electron chi connectivity index (χ1n) is 6.49. The average Bonchev–Trinajstić information content (AvgIpc) is 2.85. The first kappa shape index (κ1) is 13.9. The largest absolute Gasteiger partial charge is 0.491 e. The zero-order chi connectivity index (χ0) is 15.0. The molecule has 1 atom stereocenters. The number of nitrogens with one attached hydrogen (secondary N) is 1. The number of fused-ring (bicyclic) bond motifs is 1. The molecule has 0 radical (unpaired) electrons. The standard InChI is InChI=1S/C15H13BrN2O3/c1-9-6-12(11(16)7-14(9)18(19)20)17-13-8-21-15-5-3-2-4-10(13)15/h2-7,13,17H,8H2,1H3. The Labute approximate surface area is 130 Å². The normalized spacial score (nSPS) is 16.2. The fourth-order valence-corrected chi connectivity index (χ4v) is 2.89. The second-order valence-corrected chi connectivity index (χ2v) is 5.78. The molecule has 21 heavy (non-hydrogen) atoms. The van der Waals surface area contributed by atoms with E-state index in [1.54, 1.807) is 13.0 Å².